The van der Waals surface area contributed by atoms with Gasteiger partial charge in [-0.15, -0.1) is 0 Å². The third-order valence-corrected chi connectivity index (χ3v) is 8.72. The Balaban J connectivity index is 1.86. The summed E-state index contributed by atoms with van der Waals surface area (Å²) in [4.78, 5) is 10.0. The predicted molar refractivity (Wildman–Crippen MR) is 108 cm³/mol. The van der Waals surface area contributed by atoms with Crippen LogP contribution in [0.1, 0.15) is 6.42 Å². The summed E-state index contributed by atoms with van der Waals surface area (Å²) in [6, 6.07) is 14.2. The Labute approximate surface area is 163 Å². The smallest absolute Gasteiger partial charge is 0.269 e. The van der Waals surface area contributed by atoms with Gasteiger partial charge in [0.05, 0.1) is 16.4 Å². The quantitative estimate of drug-likeness (QED) is 0.258. The van der Waals surface area contributed by atoms with Crippen LogP contribution in [0.2, 0.25) is 0 Å². The van der Waals surface area contributed by atoms with Crippen molar-refractivity contribution in [3.8, 4) is 0 Å². The first-order valence-electron chi connectivity index (χ1n) is 8.02. The molecule has 0 aromatic heterocycles. The molecule has 0 saturated heterocycles. The molecule has 0 heterocycles. The van der Waals surface area contributed by atoms with Crippen LogP contribution in [0.15, 0.2) is 59.5 Å². The largest absolute Gasteiger partial charge is 0.335 e. The lowest BCUT2D eigenvalue weighted by atomic mass is 10.3. The standard InChI is InChI=1S/C16H20N3O5PS2/c1-17-25(26,15-6-3-2-4-7-15)24-13-5-12-18-27(22,23)16-10-8-14(9-11-16)19(20)21/h2-4,6-11,18H,5,12-13H2,1H3,(H,17,26). The molecule has 2 N–H and O–H groups in total. The van der Waals surface area contributed by atoms with Crippen molar-refractivity contribution in [3.05, 3.63) is 64.7 Å². The molecule has 0 fully saturated rings. The molecule has 0 aliphatic carbocycles. The van der Waals surface area contributed by atoms with Gasteiger partial charge in [-0.1, -0.05) is 30.3 Å². The molecule has 146 valence electrons. The van der Waals surface area contributed by atoms with E-state index < -0.39 is 21.4 Å². The first kappa shape index (κ1) is 21.6. The Morgan fingerprint density at radius 2 is 1.78 bits per heavy atom. The van der Waals surface area contributed by atoms with Gasteiger partial charge < -0.3 is 4.52 Å². The Morgan fingerprint density at radius 3 is 2.33 bits per heavy atom. The molecule has 2 rings (SSSR count). The van der Waals surface area contributed by atoms with Crippen molar-refractivity contribution in [2.75, 3.05) is 20.2 Å². The van der Waals surface area contributed by atoms with Crippen molar-refractivity contribution in [1.29, 1.82) is 0 Å². The fraction of sp³-hybridized carbons (Fsp3) is 0.250. The summed E-state index contributed by atoms with van der Waals surface area (Å²) < 4.78 is 32.7. The fourth-order valence-corrected chi connectivity index (χ4v) is 5.34. The van der Waals surface area contributed by atoms with Gasteiger partial charge in [0.15, 0.2) is 6.42 Å². The van der Waals surface area contributed by atoms with Crippen LogP contribution in [0.5, 0.6) is 0 Å². The molecule has 0 bridgehead atoms. The highest BCUT2D eigenvalue weighted by Crippen LogP contribution is 2.40. The number of hydrogen-bond acceptors (Lipinski definition) is 6. The summed E-state index contributed by atoms with van der Waals surface area (Å²) in [5, 5.41) is 14.6. The van der Waals surface area contributed by atoms with Crippen LogP contribution < -0.4 is 15.1 Å². The van der Waals surface area contributed by atoms with Crippen LogP contribution in [-0.4, -0.2) is 33.5 Å². The molecular weight excluding hydrogens is 409 g/mol. The average Bonchev–Trinajstić information content (AvgIpc) is 2.68. The van der Waals surface area contributed by atoms with Gasteiger partial charge in [0.25, 0.3) is 5.69 Å². The summed E-state index contributed by atoms with van der Waals surface area (Å²) in [7, 11) is -2.00. The minimum absolute atomic E-state index is 0.0290. The minimum atomic E-state index is -3.74. The summed E-state index contributed by atoms with van der Waals surface area (Å²) in [5.41, 5.74) is -0.166. The second kappa shape index (κ2) is 9.50. The van der Waals surface area contributed by atoms with E-state index in [2.05, 4.69) is 9.81 Å². The molecule has 0 aliphatic heterocycles. The van der Waals surface area contributed by atoms with Crippen LogP contribution in [0.25, 0.3) is 0 Å². The van der Waals surface area contributed by atoms with Gasteiger partial charge in [0, 0.05) is 24.0 Å². The molecule has 11 heteroatoms. The number of nitrogens with zero attached hydrogens (tertiary/aromatic N) is 1. The fourth-order valence-electron chi connectivity index (χ4n) is 2.19. The second-order valence-corrected chi connectivity index (χ2v) is 11.1. The van der Waals surface area contributed by atoms with Crippen LogP contribution in [0.4, 0.5) is 5.69 Å². The Hall–Kier alpha value is -1.68. The van der Waals surface area contributed by atoms with Crippen molar-refractivity contribution >= 4 is 39.2 Å². The molecule has 8 nitrogen and oxygen atoms in total. The van der Waals surface area contributed by atoms with E-state index in [1.54, 1.807) is 7.05 Å². The molecule has 0 saturated carbocycles. The van der Waals surface area contributed by atoms with Crippen LogP contribution in [0.3, 0.4) is 0 Å². The lowest BCUT2D eigenvalue weighted by Gasteiger charge is -2.21. The molecular formula is C16H20N3O5PS2. The van der Waals surface area contributed by atoms with Gasteiger partial charge in [0.2, 0.25) is 10.0 Å². The number of hydrogen-bond donors (Lipinski definition) is 2. The molecule has 0 radical (unpaired) electrons. The van der Waals surface area contributed by atoms with Crippen LogP contribution in [0, 0.1) is 10.1 Å². The maximum Gasteiger partial charge on any atom is 0.269 e. The SMILES string of the molecule is CNP(=S)(OCCCNS(=O)(=O)c1ccc([N+](=O)[O-])cc1)c1ccccc1. The van der Waals surface area contributed by atoms with Gasteiger partial charge in [-0.3, -0.25) is 15.2 Å². The lowest BCUT2D eigenvalue weighted by molar-refractivity contribution is -0.384. The molecule has 2 aromatic rings. The third kappa shape index (κ3) is 5.90. The predicted octanol–water partition coefficient (Wildman–Crippen LogP) is 2.13. The van der Waals surface area contributed by atoms with E-state index in [-0.39, 0.29) is 23.7 Å². The first-order chi connectivity index (χ1) is 12.8. The highest BCUT2D eigenvalue weighted by molar-refractivity contribution is 8.14. The van der Waals surface area contributed by atoms with Gasteiger partial charge in [-0.25, -0.2) is 13.1 Å². The van der Waals surface area contributed by atoms with Crippen molar-refractivity contribution in [1.82, 2.24) is 9.81 Å². The number of nitro groups is 1. The van der Waals surface area contributed by atoms with E-state index >= 15 is 0 Å². The Bertz CT molecular complexity index is 921. The minimum Gasteiger partial charge on any atom is -0.335 e. The Kier molecular flexibility index (Phi) is 7.60. The van der Waals surface area contributed by atoms with Crippen molar-refractivity contribution in [2.45, 2.75) is 11.3 Å². The number of nitro benzene ring substituents is 1. The maximum absolute atomic E-state index is 12.2. The second-order valence-electron chi connectivity index (χ2n) is 5.45. The zero-order chi connectivity index (χ0) is 19.9. The topological polar surface area (TPSA) is 111 Å². The molecule has 0 spiro atoms. The molecule has 0 aliphatic rings. The molecule has 2 aromatic carbocycles. The van der Waals surface area contributed by atoms with Gasteiger partial charge >= 0.3 is 0 Å². The number of sulfonamides is 1. The molecule has 27 heavy (non-hydrogen) atoms. The number of non-ortho nitro benzene ring substituents is 1. The maximum atomic E-state index is 12.2. The van der Waals surface area contributed by atoms with E-state index in [1.807, 2.05) is 30.3 Å². The van der Waals surface area contributed by atoms with Crippen LogP contribution >= 0.6 is 6.42 Å². The molecule has 0 amide bonds. The zero-order valence-corrected chi connectivity index (χ0v) is 17.1. The van der Waals surface area contributed by atoms with Crippen molar-refractivity contribution < 1.29 is 17.9 Å². The first-order valence-corrected chi connectivity index (χ1v) is 12.2. The number of rotatable bonds is 10. The van der Waals surface area contributed by atoms with Crippen LogP contribution in [-0.2, 0) is 26.4 Å². The van der Waals surface area contributed by atoms with Gasteiger partial charge in [-0.2, -0.15) is 0 Å². The van der Waals surface area contributed by atoms with E-state index in [0.29, 0.717) is 6.42 Å². The highest BCUT2D eigenvalue weighted by Gasteiger charge is 2.18. The Morgan fingerprint density at radius 1 is 1.15 bits per heavy atom. The summed E-state index contributed by atoms with van der Waals surface area (Å²) in [5.74, 6) is 0. The lowest BCUT2D eigenvalue weighted by Crippen LogP contribution is -2.26. The van der Waals surface area contributed by atoms with Gasteiger partial charge in [-0.05, 0) is 37.4 Å². The third-order valence-electron chi connectivity index (χ3n) is 3.63. The highest BCUT2D eigenvalue weighted by atomic mass is 32.4. The summed E-state index contributed by atoms with van der Waals surface area (Å²) >= 11 is 5.59. The molecule has 1 unspecified atom stereocenters. The summed E-state index contributed by atoms with van der Waals surface area (Å²) in [6.07, 6.45) is -1.93. The average molecular weight is 429 g/mol. The summed E-state index contributed by atoms with van der Waals surface area (Å²) in [6.45, 7) is 0.447. The van der Waals surface area contributed by atoms with Gasteiger partial charge in [0.1, 0.15) is 0 Å². The molecule has 1 atom stereocenters. The van der Waals surface area contributed by atoms with Crippen molar-refractivity contribution in [3.63, 3.8) is 0 Å². The van der Waals surface area contributed by atoms with E-state index in [4.69, 9.17) is 16.3 Å². The number of nitrogens with one attached hydrogen (secondary N) is 2. The number of benzene rings is 2. The normalized spacial score (nSPS) is 13.8. The van der Waals surface area contributed by atoms with E-state index in [9.17, 15) is 18.5 Å². The van der Waals surface area contributed by atoms with E-state index in [0.717, 1.165) is 17.4 Å². The van der Waals surface area contributed by atoms with E-state index in [1.165, 1.54) is 12.1 Å². The monoisotopic (exact) mass is 429 g/mol. The zero-order valence-electron chi connectivity index (χ0n) is 14.6. The van der Waals surface area contributed by atoms with Crippen molar-refractivity contribution in [2.24, 2.45) is 0 Å².